The summed E-state index contributed by atoms with van der Waals surface area (Å²) in [6.07, 6.45) is 5.37. The van der Waals surface area contributed by atoms with Crippen molar-refractivity contribution >= 4 is 11.8 Å². The molecule has 3 heterocycles. The lowest BCUT2D eigenvalue weighted by atomic mass is 9.95. The fourth-order valence-corrected chi connectivity index (χ4v) is 3.76. The Morgan fingerprint density at radius 1 is 1.23 bits per heavy atom. The summed E-state index contributed by atoms with van der Waals surface area (Å²) < 4.78 is 14.7. The molecule has 0 spiro atoms. The van der Waals surface area contributed by atoms with Crippen LogP contribution >= 0.6 is 0 Å². The van der Waals surface area contributed by atoms with Gasteiger partial charge in [0.15, 0.2) is 0 Å². The minimum absolute atomic E-state index is 0.0741. The van der Waals surface area contributed by atoms with Crippen molar-refractivity contribution in [3.8, 4) is 5.69 Å². The number of rotatable bonds is 4. The van der Waals surface area contributed by atoms with Gasteiger partial charge in [0.2, 0.25) is 5.91 Å². The highest BCUT2D eigenvalue weighted by molar-refractivity contribution is 5.95. The molecule has 2 amide bonds. The fraction of sp³-hybridized carbons (Fsp3) is 0.273. The summed E-state index contributed by atoms with van der Waals surface area (Å²) >= 11 is 0. The predicted molar refractivity (Wildman–Crippen MR) is 111 cm³/mol. The molecule has 1 aromatic carbocycles. The first-order valence-electron chi connectivity index (χ1n) is 9.85. The lowest BCUT2D eigenvalue weighted by Gasteiger charge is -2.31. The molecule has 8 nitrogen and oxygen atoms in total. The van der Waals surface area contributed by atoms with Gasteiger partial charge >= 0.3 is 0 Å². The lowest BCUT2D eigenvalue weighted by molar-refractivity contribution is -0.131. The standard InChI is InChI=1S/C22H22FN5O3/c1-26(2)21(30)20-18-7-8-27(19(29)9-16-10-24-13-25-16)11-14(18)12-28(22(20)31)17-5-3-15(23)4-6-17/h3-6,10,12-13H,7-9,11H2,1-2H3,(H,24,25). The van der Waals surface area contributed by atoms with Crippen LogP contribution in [0.1, 0.15) is 27.2 Å². The molecular weight excluding hydrogens is 401 g/mol. The average molecular weight is 423 g/mol. The van der Waals surface area contributed by atoms with Gasteiger partial charge < -0.3 is 14.8 Å². The van der Waals surface area contributed by atoms with Crippen molar-refractivity contribution in [3.05, 3.63) is 81.5 Å². The van der Waals surface area contributed by atoms with Gasteiger partial charge in [0.05, 0.1) is 12.7 Å². The van der Waals surface area contributed by atoms with E-state index in [1.165, 1.54) is 40.1 Å². The third kappa shape index (κ3) is 3.98. The van der Waals surface area contributed by atoms with Crippen molar-refractivity contribution in [2.75, 3.05) is 20.6 Å². The zero-order valence-corrected chi connectivity index (χ0v) is 17.3. The van der Waals surface area contributed by atoms with Crippen LogP contribution in [0.4, 0.5) is 4.39 Å². The second-order valence-electron chi connectivity index (χ2n) is 7.68. The zero-order chi connectivity index (χ0) is 22.1. The van der Waals surface area contributed by atoms with E-state index in [0.29, 0.717) is 24.2 Å². The lowest BCUT2D eigenvalue weighted by Crippen LogP contribution is -2.41. The van der Waals surface area contributed by atoms with Gasteiger partial charge in [-0.2, -0.15) is 0 Å². The second kappa shape index (κ2) is 8.17. The van der Waals surface area contributed by atoms with E-state index in [0.717, 1.165) is 11.3 Å². The second-order valence-corrected chi connectivity index (χ2v) is 7.68. The molecule has 0 saturated carbocycles. The van der Waals surface area contributed by atoms with Gasteiger partial charge in [-0.15, -0.1) is 0 Å². The summed E-state index contributed by atoms with van der Waals surface area (Å²) in [5.41, 5.74) is 2.18. The molecule has 0 fully saturated rings. The van der Waals surface area contributed by atoms with E-state index in [9.17, 15) is 18.8 Å². The number of hydrogen-bond acceptors (Lipinski definition) is 4. The summed E-state index contributed by atoms with van der Waals surface area (Å²) in [6, 6.07) is 5.48. The van der Waals surface area contributed by atoms with E-state index in [4.69, 9.17) is 0 Å². The molecule has 1 aliphatic heterocycles. The highest BCUT2D eigenvalue weighted by Crippen LogP contribution is 2.23. The molecule has 0 aliphatic carbocycles. The Hall–Kier alpha value is -3.75. The van der Waals surface area contributed by atoms with Crippen LogP contribution in [0.25, 0.3) is 5.69 Å². The van der Waals surface area contributed by atoms with Gasteiger partial charge in [-0.05, 0) is 41.8 Å². The first-order valence-corrected chi connectivity index (χ1v) is 9.85. The van der Waals surface area contributed by atoms with Crippen molar-refractivity contribution in [2.24, 2.45) is 0 Å². The van der Waals surface area contributed by atoms with Gasteiger partial charge in [-0.3, -0.25) is 19.0 Å². The molecule has 1 aliphatic rings. The molecule has 9 heteroatoms. The molecule has 0 atom stereocenters. The van der Waals surface area contributed by atoms with Crippen molar-refractivity contribution < 1.29 is 14.0 Å². The third-order valence-electron chi connectivity index (χ3n) is 5.37. The van der Waals surface area contributed by atoms with Crippen molar-refractivity contribution in [1.82, 2.24) is 24.3 Å². The number of nitrogens with zero attached hydrogens (tertiary/aromatic N) is 4. The molecule has 160 valence electrons. The molecule has 2 aromatic heterocycles. The number of nitrogens with one attached hydrogen (secondary N) is 1. The topological polar surface area (TPSA) is 91.3 Å². The van der Waals surface area contributed by atoms with E-state index < -0.39 is 17.3 Å². The Kier molecular flexibility index (Phi) is 5.41. The number of benzene rings is 1. The summed E-state index contributed by atoms with van der Waals surface area (Å²) in [6.45, 7) is 0.686. The number of amides is 2. The first-order chi connectivity index (χ1) is 14.8. The molecule has 0 bridgehead atoms. The number of aromatic nitrogens is 3. The van der Waals surface area contributed by atoms with Gasteiger partial charge in [-0.25, -0.2) is 9.37 Å². The molecule has 0 saturated heterocycles. The van der Waals surface area contributed by atoms with Gasteiger partial charge in [0.1, 0.15) is 11.4 Å². The SMILES string of the molecule is CN(C)C(=O)c1c2c(cn(-c3ccc(F)cc3)c1=O)CN(C(=O)Cc1cnc[nH]1)CC2. The van der Waals surface area contributed by atoms with Crippen molar-refractivity contribution in [3.63, 3.8) is 0 Å². The number of fused-ring (bicyclic) bond motifs is 1. The normalized spacial score (nSPS) is 13.1. The number of H-pyrrole nitrogens is 1. The number of imidazole rings is 1. The molecule has 4 rings (SSSR count). The van der Waals surface area contributed by atoms with Crippen LogP contribution in [0.15, 0.2) is 47.8 Å². The Labute approximate surface area is 177 Å². The smallest absolute Gasteiger partial charge is 0.268 e. The Bertz CT molecular complexity index is 1180. The third-order valence-corrected chi connectivity index (χ3v) is 5.37. The van der Waals surface area contributed by atoms with Crippen LogP contribution < -0.4 is 5.56 Å². The summed E-state index contributed by atoms with van der Waals surface area (Å²) in [5.74, 6) is -0.889. The molecule has 0 unspecified atom stereocenters. The first kappa shape index (κ1) is 20.5. The minimum Gasteiger partial charge on any atom is -0.348 e. The van der Waals surface area contributed by atoms with Gasteiger partial charge in [-0.1, -0.05) is 0 Å². The van der Waals surface area contributed by atoms with E-state index in [2.05, 4.69) is 9.97 Å². The van der Waals surface area contributed by atoms with Crippen molar-refractivity contribution in [1.29, 1.82) is 0 Å². The fourth-order valence-electron chi connectivity index (χ4n) is 3.76. The molecular formula is C22H22FN5O3. The van der Waals surface area contributed by atoms with E-state index in [-0.39, 0.29) is 24.4 Å². The van der Waals surface area contributed by atoms with Crippen LogP contribution in [0.3, 0.4) is 0 Å². The van der Waals surface area contributed by atoms with E-state index >= 15 is 0 Å². The predicted octanol–water partition coefficient (Wildman–Crippen LogP) is 1.53. The quantitative estimate of drug-likeness (QED) is 0.689. The van der Waals surface area contributed by atoms with Crippen LogP contribution in [0.2, 0.25) is 0 Å². The monoisotopic (exact) mass is 423 g/mol. The van der Waals surface area contributed by atoms with Gasteiger partial charge in [0.25, 0.3) is 11.5 Å². The number of carbonyl (C=O) groups is 2. The maximum atomic E-state index is 13.4. The van der Waals surface area contributed by atoms with Gasteiger partial charge in [0, 0.05) is 51.0 Å². The number of aromatic amines is 1. The van der Waals surface area contributed by atoms with Crippen LogP contribution in [-0.2, 0) is 24.2 Å². The van der Waals surface area contributed by atoms with Crippen molar-refractivity contribution in [2.45, 2.75) is 19.4 Å². The van der Waals surface area contributed by atoms with E-state index in [1.807, 2.05) is 0 Å². The molecule has 0 radical (unpaired) electrons. The Balaban J connectivity index is 1.76. The number of halogens is 1. The summed E-state index contributed by atoms with van der Waals surface area (Å²) in [7, 11) is 3.18. The summed E-state index contributed by atoms with van der Waals surface area (Å²) in [5, 5.41) is 0. The number of hydrogen-bond donors (Lipinski definition) is 1. The number of pyridine rings is 1. The highest BCUT2D eigenvalue weighted by Gasteiger charge is 2.29. The molecule has 3 aromatic rings. The van der Waals surface area contributed by atoms with E-state index in [1.54, 1.807) is 31.4 Å². The summed E-state index contributed by atoms with van der Waals surface area (Å²) in [4.78, 5) is 48.8. The zero-order valence-electron chi connectivity index (χ0n) is 17.3. The maximum absolute atomic E-state index is 13.4. The Morgan fingerprint density at radius 2 is 1.97 bits per heavy atom. The average Bonchev–Trinajstić information content (AvgIpc) is 3.26. The maximum Gasteiger partial charge on any atom is 0.268 e. The number of carbonyl (C=O) groups excluding carboxylic acids is 2. The largest absolute Gasteiger partial charge is 0.348 e. The molecule has 1 N–H and O–H groups in total. The molecule has 31 heavy (non-hydrogen) atoms. The van der Waals surface area contributed by atoms with Crippen LogP contribution in [0.5, 0.6) is 0 Å². The van der Waals surface area contributed by atoms with Crippen LogP contribution in [0, 0.1) is 5.82 Å². The minimum atomic E-state index is -0.457. The Morgan fingerprint density at radius 3 is 2.61 bits per heavy atom. The van der Waals surface area contributed by atoms with Crippen LogP contribution in [-0.4, -0.2) is 56.8 Å². The highest BCUT2D eigenvalue weighted by atomic mass is 19.1.